The van der Waals surface area contributed by atoms with Crippen molar-refractivity contribution in [3.05, 3.63) is 35.1 Å². The maximum absolute atomic E-state index is 13.1. The minimum Gasteiger partial charge on any atom is -0.391 e. The lowest BCUT2D eigenvalue weighted by Crippen LogP contribution is -2.22. The number of nitrogens with two attached hydrogens (primary N) is 1. The van der Waals surface area contributed by atoms with Gasteiger partial charge in [0.1, 0.15) is 5.82 Å². The van der Waals surface area contributed by atoms with Crippen LogP contribution >= 0.6 is 0 Å². The van der Waals surface area contributed by atoms with E-state index in [1.807, 2.05) is 0 Å². The molecule has 0 aliphatic carbocycles. The van der Waals surface area contributed by atoms with E-state index >= 15 is 0 Å². The molecule has 16 heavy (non-hydrogen) atoms. The third-order valence-corrected chi connectivity index (χ3v) is 2.08. The molecule has 1 aromatic carbocycles. The van der Waals surface area contributed by atoms with E-state index in [4.69, 9.17) is 10.8 Å². The zero-order valence-electron chi connectivity index (χ0n) is 8.26. The van der Waals surface area contributed by atoms with Crippen LogP contribution in [0.4, 0.5) is 17.6 Å². The van der Waals surface area contributed by atoms with Crippen LogP contribution in [0.5, 0.6) is 0 Å². The van der Waals surface area contributed by atoms with Gasteiger partial charge in [-0.05, 0) is 24.1 Å². The van der Waals surface area contributed by atoms with Crippen molar-refractivity contribution in [3.63, 3.8) is 0 Å². The average Bonchev–Trinajstić information content (AvgIpc) is 2.15. The Morgan fingerprint density at radius 1 is 1.31 bits per heavy atom. The fourth-order valence-electron chi connectivity index (χ4n) is 1.27. The van der Waals surface area contributed by atoms with E-state index in [-0.39, 0.29) is 18.5 Å². The molecule has 0 amide bonds. The number of hydrogen-bond acceptors (Lipinski definition) is 2. The molecule has 1 unspecified atom stereocenters. The standard InChI is InChI=1S/C10H11F4NO/c11-9-4-6(3-7(16)5-15)1-2-8(9)10(12,13)14/h1-2,4,7,16H,3,5,15H2. The minimum absolute atomic E-state index is 0.0252. The van der Waals surface area contributed by atoms with Gasteiger partial charge in [0.2, 0.25) is 0 Å². The van der Waals surface area contributed by atoms with E-state index in [0.717, 1.165) is 12.1 Å². The van der Waals surface area contributed by atoms with Crippen molar-refractivity contribution in [1.82, 2.24) is 0 Å². The Balaban J connectivity index is 2.91. The first-order valence-electron chi connectivity index (χ1n) is 4.58. The van der Waals surface area contributed by atoms with Gasteiger partial charge in [0.25, 0.3) is 0 Å². The monoisotopic (exact) mass is 237 g/mol. The van der Waals surface area contributed by atoms with Gasteiger partial charge < -0.3 is 10.8 Å². The molecule has 0 aliphatic rings. The van der Waals surface area contributed by atoms with Gasteiger partial charge in [0.05, 0.1) is 11.7 Å². The number of benzene rings is 1. The zero-order valence-corrected chi connectivity index (χ0v) is 8.26. The summed E-state index contributed by atoms with van der Waals surface area (Å²) in [6.45, 7) is -0.0252. The summed E-state index contributed by atoms with van der Waals surface area (Å²) in [6.07, 6.45) is -5.54. The van der Waals surface area contributed by atoms with Crippen molar-refractivity contribution < 1.29 is 22.7 Å². The van der Waals surface area contributed by atoms with E-state index in [2.05, 4.69) is 0 Å². The van der Waals surface area contributed by atoms with Crippen LogP contribution in [0.3, 0.4) is 0 Å². The smallest absolute Gasteiger partial charge is 0.391 e. The summed E-state index contributed by atoms with van der Waals surface area (Å²) >= 11 is 0. The fourth-order valence-corrected chi connectivity index (χ4v) is 1.27. The number of aliphatic hydroxyl groups excluding tert-OH is 1. The van der Waals surface area contributed by atoms with Crippen molar-refractivity contribution >= 4 is 0 Å². The van der Waals surface area contributed by atoms with Crippen LogP contribution in [0.25, 0.3) is 0 Å². The van der Waals surface area contributed by atoms with E-state index in [0.29, 0.717) is 6.07 Å². The van der Waals surface area contributed by atoms with E-state index in [1.165, 1.54) is 0 Å². The highest BCUT2D eigenvalue weighted by molar-refractivity contribution is 5.27. The lowest BCUT2D eigenvalue weighted by molar-refractivity contribution is -0.140. The normalized spacial score (nSPS) is 13.9. The maximum Gasteiger partial charge on any atom is 0.419 e. The Labute approximate surface area is 89.7 Å². The molecule has 0 fully saturated rings. The Morgan fingerprint density at radius 3 is 2.38 bits per heavy atom. The van der Waals surface area contributed by atoms with Gasteiger partial charge in [-0.25, -0.2) is 4.39 Å². The van der Waals surface area contributed by atoms with Gasteiger partial charge >= 0.3 is 6.18 Å². The molecule has 1 rings (SSSR count). The quantitative estimate of drug-likeness (QED) is 0.786. The van der Waals surface area contributed by atoms with E-state index in [1.54, 1.807) is 0 Å². The average molecular weight is 237 g/mol. The molecule has 0 aromatic heterocycles. The molecule has 0 bridgehead atoms. The van der Waals surface area contributed by atoms with Crippen molar-refractivity contribution in [2.45, 2.75) is 18.7 Å². The highest BCUT2D eigenvalue weighted by atomic mass is 19.4. The number of alkyl halides is 3. The molecule has 90 valence electrons. The molecule has 0 heterocycles. The summed E-state index contributed by atoms with van der Waals surface area (Å²) in [5.74, 6) is -1.34. The molecule has 1 aromatic rings. The molecule has 0 saturated heterocycles. The highest BCUT2D eigenvalue weighted by Crippen LogP contribution is 2.31. The first-order valence-corrected chi connectivity index (χ1v) is 4.58. The highest BCUT2D eigenvalue weighted by Gasteiger charge is 2.33. The van der Waals surface area contributed by atoms with Crippen LogP contribution < -0.4 is 5.73 Å². The maximum atomic E-state index is 13.1. The Hall–Kier alpha value is -1.14. The molecule has 0 spiro atoms. The van der Waals surface area contributed by atoms with Crippen LogP contribution in [-0.2, 0) is 12.6 Å². The summed E-state index contributed by atoms with van der Waals surface area (Å²) in [4.78, 5) is 0. The SMILES string of the molecule is NCC(O)Cc1ccc(C(F)(F)F)c(F)c1. The first kappa shape index (κ1) is 12.9. The predicted molar refractivity (Wildman–Crippen MR) is 50.2 cm³/mol. The molecule has 1 atom stereocenters. The second kappa shape index (κ2) is 4.80. The predicted octanol–water partition coefficient (Wildman–Crippen LogP) is 1.71. The molecule has 3 N–H and O–H groups in total. The Kier molecular flexibility index (Phi) is 3.88. The van der Waals surface area contributed by atoms with Crippen LogP contribution in [0.15, 0.2) is 18.2 Å². The molecule has 6 heteroatoms. The third-order valence-electron chi connectivity index (χ3n) is 2.08. The van der Waals surface area contributed by atoms with Gasteiger partial charge in [-0.3, -0.25) is 0 Å². The van der Waals surface area contributed by atoms with Crippen LogP contribution in [-0.4, -0.2) is 17.8 Å². The fraction of sp³-hybridized carbons (Fsp3) is 0.400. The first-order chi connectivity index (χ1) is 7.34. The Morgan fingerprint density at radius 2 is 1.94 bits per heavy atom. The number of hydrogen-bond donors (Lipinski definition) is 2. The van der Waals surface area contributed by atoms with Crippen molar-refractivity contribution in [1.29, 1.82) is 0 Å². The van der Waals surface area contributed by atoms with Gasteiger partial charge in [-0.1, -0.05) is 6.07 Å². The summed E-state index contributed by atoms with van der Waals surface area (Å²) in [7, 11) is 0. The summed E-state index contributed by atoms with van der Waals surface area (Å²) in [5, 5.41) is 9.16. The lowest BCUT2D eigenvalue weighted by atomic mass is 10.1. The topological polar surface area (TPSA) is 46.2 Å². The van der Waals surface area contributed by atoms with Crippen molar-refractivity contribution in [3.8, 4) is 0 Å². The largest absolute Gasteiger partial charge is 0.419 e. The molecule has 0 aliphatic heterocycles. The van der Waals surface area contributed by atoms with Crippen molar-refractivity contribution in [2.24, 2.45) is 5.73 Å². The number of aliphatic hydroxyl groups is 1. The molecule has 0 saturated carbocycles. The van der Waals surface area contributed by atoms with Crippen LogP contribution in [0.1, 0.15) is 11.1 Å². The lowest BCUT2D eigenvalue weighted by Gasteiger charge is -2.11. The molecule has 2 nitrogen and oxygen atoms in total. The second-order valence-corrected chi connectivity index (χ2v) is 3.41. The summed E-state index contributed by atoms with van der Waals surface area (Å²) in [5.41, 5.74) is 4.11. The second-order valence-electron chi connectivity index (χ2n) is 3.41. The molecular formula is C10H11F4NO. The summed E-state index contributed by atoms with van der Waals surface area (Å²) < 4.78 is 49.7. The molecule has 0 radical (unpaired) electrons. The third kappa shape index (κ3) is 3.18. The van der Waals surface area contributed by atoms with Crippen molar-refractivity contribution in [2.75, 3.05) is 6.54 Å². The van der Waals surface area contributed by atoms with Gasteiger partial charge in [0, 0.05) is 6.54 Å². The molecular weight excluding hydrogens is 226 g/mol. The Bertz CT molecular complexity index is 364. The minimum atomic E-state index is -4.70. The number of rotatable bonds is 3. The van der Waals surface area contributed by atoms with E-state index < -0.39 is 23.7 Å². The van der Waals surface area contributed by atoms with Gasteiger partial charge in [-0.2, -0.15) is 13.2 Å². The van der Waals surface area contributed by atoms with Gasteiger partial charge in [0.15, 0.2) is 0 Å². The number of halogens is 4. The summed E-state index contributed by atoms with van der Waals surface area (Å²) in [6, 6.07) is 2.56. The van der Waals surface area contributed by atoms with Crippen LogP contribution in [0, 0.1) is 5.82 Å². The zero-order chi connectivity index (χ0) is 12.3. The van der Waals surface area contributed by atoms with E-state index in [9.17, 15) is 17.6 Å². The van der Waals surface area contributed by atoms with Crippen LogP contribution in [0.2, 0.25) is 0 Å². The van der Waals surface area contributed by atoms with Gasteiger partial charge in [-0.15, -0.1) is 0 Å².